The van der Waals surface area contributed by atoms with Crippen LogP contribution in [0, 0.1) is 5.92 Å². The van der Waals surface area contributed by atoms with Crippen LogP contribution in [0.25, 0.3) is 0 Å². The number of ether oxygens (including phenoxy) is 1. The molecule has 0 aromatic heterocycles. The molecular formula is C15H29NO4. The lowest BCUT2D eigenvalue weighted by Gasteiger charge is -2.39. The van der Waals surface area contributed by atoms with E-state index in [1.54, 1.807) is 6.92 Å². The third-order valence-electron chi connectivity index (χ3n) is 4.79. The molecular weight excluding hydrogens is 258 g/mol. The van der Waals surface area contributed by atoms with Gasteiger partial charge in [0.2, 0.25) is 0 Å². The third kappa shape index (κ3) is 3.92. The number of rotatable bonds is 4. The molecule has 5 nitrogen and oxygen atoms in total. The van der Waals surface area contributed by atoms with Gasteiger partial charge in [-0.1, -0.05) is 6.92 Å². The molecule has 0 aromatic rings. The summed E-state index contributed by atoms with van der Waals surface area (Å²) in [5.74, 6) is 0.840. The first-order chi connectivity index (χ1) is 9.49. The first-order valence-electron chi connectivity index (χ1n) is 7.91. The van der Waals surface area contributed by atoms with Gasteiger partial charge in [0.1, 0.15) is 18.3 Å². The summed E-state index contributed by atoms with van der Waals surface area (Å²) in [7, 11) is 0. The number of nitrogens with zero attached hydrogens (tertiary/aromatic N) is 1. The van der Waals surface area contributed by atoms with Gasteiger partial charge in [0.25, 0.3) is 0 Å². The van der Waals surface area contributed by atoms with Crippen LogP contribution in [-0.4, -0.2) is 70.4 Å². The SMILES string of the molecule is CC1CCN(CCC[C@@H]2O[C@@H](C)[C@@H](O)[C@@H](O)[C@@H]2O)CC1. The molecule has 2 aliphatic rings. The van der Waals surface area contributed by atoms with Gasteiger partial charge in [-0.3, -0.25) is 0 Å². The fourth-order valence-electron chi connectivity index (χ4n) is 3.18. The van der Waals surface area contributed by atoms with Crippen molar-refractivity contribution in [2.75, 3.05) is 19.6 Å². The normalized spacial score (nSPS) is 41.0. The van der Waals surface area contributed by atoms with E-state index in [0.717, 1.165) is 38.4 Å². The second kappa shape index (κ2) is 7.18. The standard InChI is InChI=1S/C15H29NO4/c1-10-5-8-16(9-6-10)7-3-4-12-14(18)15(19)13(17)11(2)20-12/h10-15,17-19H,3-9H2,1-2H3/t11-,12-,13+,14+,15+/m0/s1. The lowest BCUT2D eigenvalue weighted by atomic mass is 9.93. The summed E-state index contributed by atoms with van der Waals surface area (Å²) in [6.45, 7) is 7.38. The smallest absolute Gasteiger partial charge is 0.111 e. The Labute approximate surface area is 121 Å². The van der Waals surface area contributed by atoms with Crippen molar-refractivity contribution in [3.63, 3.8) is 0 Å². The minimum absolute atomic E-state index is 0.368. The highest BCUT2D eigenvalue weighted by atomic mass is 16.5. The molecule has 118 valence electrons. The fraction of sp³-hybridized carbons (Fsp3) is 1.00. The lowest BCUT2D eigenvalue weighted by Crippen LogP contribution is -2.56. The number of likely N-dealkylation sites (tertiary alicyclic amines) is 1. The zero-order valence-electron chi connectivity index (χ0n) is 12.6. The van der Waals surface area contributed by atoms with Gasteiger partial charge in [-0.15, -0.1) is 0 Å². The fourth-order valence-corrected chi connectivity index (χ4v) is 3.18. The van der Waals surface area contributed by atoms with E-state index < -0.39 is 24.4 Å². The van der Waals surface area contributed by atoms with Crippen molar-refractivity contribution < 1.29 is 20.1 Å². The predicted molar refractivity (Wildman–Crippen MR) is 76.4 cm³/mol. The minimum atomic E-state index is -1.10. The quantitative estimate of drug-likeness (QED) is 0.697. The van der Waals surface area contributed by atoms with Gasteiger partial charge in [0.05, 0.1) is 12.2 Å². The second-order valence-electron chi connectivity index (χ2n) is 6.52. The maximum Gasteiger partial charge on any atom is 0.111 e. The van der Waals surface area contributed by atoms with E-state index in [4.69, 9.17) is 4.74 Å². The van der Waals surface area contributed by atoms with Crippen molar-refractivity contribution in [2.45, 2.75) is 70.1 Å². The Morgan fingerprint density at radius 1 is 1.00 bits per heavy atom. The van der Waals surface area contributed by atoms with Crippen LogP contribution < -0.4 is 0 Å². The number of aliphatic hydroxyl groups excluding tert-OH is 3. The molecule has 2 fully saturated rings. The predicted octanol–water partition coefficient (Wildman–Crippen LogP) is 0.368. The Hall–Kier alpha value is -0.200. The molecule has 3 N–H and O–H groups in total. The Morgan fingerprint density at radius 2 is 1.65 bits per heavy atom. The van der Waals surface area contributed by atoms with Crippen LogP contribution in [0.4, 0.5) is 0 Å². The molecule has 0 aliphatic carbocycles. The molecule has 2 heterocycles. The van der Waals surface area contributed by atoms with Crippen molar-refractivity contribution in [3.8, 4) is 0 Å². The highest BCUT2D eigenvalue weighted by molar-refractivity contribution is 4.90. The molecule has 0 bridgehead atoms. The van der Waals surface area contributed by atoms with E-state index in [1.807, 2.05) is 0 Å². The van der Waals surface area contributed by atoms with Gasteiger partial charge in [-0.2, -0.15) is 0 Å². The van der Waals surface area contributed by atoms with Crippen LogP contribution in [0.1, 0.15) is 39.5 Å². The van der Waals surface area contributed by atoms with Gasteiger partial charge in [-0.05, 0) is 58.2 Å². The molecule has 2 saturated heterocycles. The summed E-state index contributed by atoms with van der Waals surface area (Å²) in [6, 6.07) is 0. The van der Waals surface area contributed by atoms with Gasteiger partial charge in [0.15, 0.2) is 0 Å². The summed E-state index contributed by atoms with van der Waals surface area (Å²) in [5.41, 5.74) is 0. The summed E-state index contributed by atoms with van der Waals surface area (Å²) < 4.78 is 5.61. The number of hydrogen-bond acceptors (Lipinski definition) is 5. The Balaban J connectivity index is 1.71. The average Bonchev–Trinajstić information content (AvgIpc) is 2.44. The highest BCUT2D eigenvalue weighted by Crippen LogP contribution is 2.24. The monoisotopic (exact) mass is 287 g/mol. The molecule has 0 saturated carbocycles. The van der Waals surface area contributed by atoms with Crippen molar-refractivity contribution in [1.82, 2.24) is 4.90 Å². The van der Waals surface area contributed by atoms with Crippen LogP contribution in [0.5, 0.6) is 0 Å². The van der Waals surface area contributed by atoms with E-state index in [1.165, 1.54) is 12.8 Å². The van der Waals surface area contributed by atoms with Crippen LogP contribution in [0.2, 0.25) is 0 Å². The highest BCUT2D eigenvalue weighted by Gasteiger charge is 2.41. The van der Waals surface area contributed by atoms with E-state index in [-0.39, 0.29) is 6.10 Å². The zero-order chi connectivity index (χ0) is 14.7. The van der Waals surface area contributed by atoms with Gasteiger partial charge in [0, 0.05) is 0 Å². The van der Waals surface area contributed by atoms with E-state index >= 15 is 0 Å². The number of aliphatic hydroxyl groups is 3. The molecule has 0 radical (unpaired) electrons. The van der Waals surface area contributed by atoms with Crippen molar-refractivity contribution in [3.05, 3.63) is 0 Å². The Bertz CT molecular complexity index is 294. The van der Waals surface area contributed by atoms with Crippen molar-refractivity contribution in [1.29, 1.82) is 0 Å². The van der Waals surface area contributed by atoms with Gasteiger partial charge >= 0.3 is 0 Å². The number of piperidine rings is 1. The summed E-state index contributed by atoms with van der Waals surface area (Å²) >= 11 is 0. The molecule has 2 rings (SSSR count). The van der Waals surface area contributed by atoms with Crippen LogP contribution in [0.15, 0.2) is 0 Å². The Morgan fingerprint density at radius 3 is 2.30 bits per heavy atom. The molecule has 0 aromatic carbocycles. The molecule has 5 heteroatoms. The molecule has 20 heavy (non-hydrogen) atoms. The minimum Gasteiger partial charge on any atom is -0.388 e. The van der Waals surface area contributed by atoms with Crippen LogP contribution in [0.3, 0.4) is 0 Å². The zero-order valence-corrected chi connectivity index (χ0v) is 12.6. The number of hydrogen-bond donors (Lipinski definition) is 3. The molecule has 0 spiro atoms. The molecule has 2 aliphatic heterocycles. The van der Waals surface area contributed by atoms with Crippen molar-refractivity contribution >= 4 is 0 Å². The third-order valence-corrected chi connectivity index (χ3v) is 4.79. The molecule has 0 amide bonds. The van der Waals surface area contributed by atoms with Crippen molar-refractivity contribution in [2.24, 2.45) is 5.92 Å². The Kier molecular flexibility index (Phi) is 5.81. The average molecular weight is 287 g/mol. The maximum atomic E-state index is 9.95. The first-order valence-corrected chi connectivity index (χ1v) is 7.91. The lowest BCUT2D eigenvalue weighted by molar-refractivity contribution is -0.218. The molecule has 0 unspecified atom stereocenters. The van der Waals surface area contributed by atoms with Crippen LogP contribution in [-0.2, 0) is 4.74 Å². The van der Waals surface area contributed by atoms with E-state index in [0.29, 0.717) is 0 Å². The van der Waals surface area contributed by atoms with E-state index in [2.05, 4.69) is 11.8 Å². The van der Waals surface area contributed by atoms with Crippen LogP contribution >= 0.6 is 0 Å². The molecule has 5 atom stereocenters. The van der Waals surface area contributed by atoms with Gasteiger partial charge in [-0.25, -0.2) is 0 Å². The summed E-state index contributed by atoms with van der Waals surface area (Å²) in [6.07, 6.45) is 0.343. The second-order valence-corrected chi connectivity index (χ2v) is 6.52. The first kappa shape index (κ1) is 16.2. The largest absolute Gasteiger partial charge is 0.388 e. The summed E-state index contributed by atoms with van der Waals surface area (Å²) in [4.78, 5) is 2.46. The van der Waals surface area contributed by atoms with E-state index in [9.17, 15) is 15.3 Å². The topological polar surface area (TPSA) is 73.2 Å². The van der Waals surface area contributed by atoms with Gasteiger partial charge < -0.3 is 25.0 Å². The summed E-state index contributed by atoms with van der Waals surface area (Å²) in [5, 5.41) is 29.4. The maximum absolute atomic E-state index is 9.95.